The van der Waals surface area contributed by atoms with Crippen LogP contribution in [0.1, 0.15) is 53.2 Å². The first-order valence-electron chi connectivity index (χ1n) is 12.6. The van der Waals surface area contributed by atoms with Crippen molar-refractivity contribution in [2.24, 2.45) is 0 Å². The number of nitrogens with zero attached hydrogens (tertiary/aromatic N) is 3. The Morgan fingerprint density at radius 2 is 1.74 bits per heavy atom. The number of aromatic nitrogens is 2. The lowest BCUT2D eigenvalue weighted by Gasteiger charge is -2.43. The van der Waals surface area contributed by atoms with Crippen molar-refractivity contribution in [3.8, 4) is 5.75 Å². The molecule has 2 aliphatic rings. The number of ether oxygens (including phenoxy) is 1. The number of carbonyl (C=O) groups is 1. The molecule has 0 aliphatic carbocycles. The molecular formula is C27H29FN4O6S. The Kier molecular flexibility index (Phi) is 7.04. The molecule has 1 fully saturated rings. The van der Waals surface area contributed by atoms with Crippen LogP contribution in [0.25, 0.3) is 0 Å². The van der Waals surface area contributed by atoms with Gasteiger partial charge in [-0.2, -0.15) is 4.31 Å². The normalized spacial score (nSPS) is 17.9. The SMILES string of the molecule is Cc1ccc(S(=O)(=O)N2CCC3(CC2)OCCn2c3nc(C(=O)NC(C)c3ccc(F)cc3)c(O)c2=O)cc1. The largest absolute Gasteiger partial charge is 0.501 e. The van der Waals surface area contributed by atoms with Gasteiger partial charge in [-0.05, 0) is 56.5 Å². The van der Waals surface area contributed by atoms with Crippen LogP contribution in [-0.4, -0.2) is 53.0 Å². The minimum Gasteiger partial charge on any atom is -0.501 e. The van der Waals surface area contributed by atoms with Crippen molar-refractivity contribution in [3.63, 3.8) is 0 Å². The molecule has 5 rings (SSSR count). The predicted octanol–water partition coefficient (Wildman–Crippen LogP) is 2.60. The first-order chi connectivity index (χ1) is 18.5. The fourth-order valence-electron chi connectivity index (χ4n) is 5.07. The second-order valence-electron chi connectivity index (χ2n) is 9.90. The van der Waals surface area contributed by atoms with Crippen LogP contribution in [0, 0.1) is 12.7 Å². The Hall–Kier alpha value is -3.61. The van der Waals surface area contributed by atoms with Gasteiger partial charge < -0.3 is 15.2 Å². The molecule has 12 heteroatoms. The summed E-state index contributed by atoms with van der Waals surface area (Å²) in [5.74, 6) is -1.78. The summed E-state index contributed by atoms with van der Waals surface area (Å²) in [7, 11) is -3.73. The second kappa shape index (κ2) is 10.2. The first-order valence-corrected chi connectivity index (χ1v) is 14.1. The van der Waals surface area contributed by atoms with Crippen molar-refractivity contribution >= 4 is 15.9 Å². The van der Waals surface area contributed by atoms with Crippen LogP contribution in [0.2, 0.25) is 0 Å². The molecule has 1 aromatic heterocycles. The molecule has 206 valence electrons. The molecule has 10 nitrogen and oxygen atoms in total. The van der Waals surface area contributed by atoms with Gasteiger partial charge in [0.05, 0.1) is 24.1 Å². The summed E-state index contributed by atoms with van der Waals surface area (Å²) in [6, 6.07) is 11.7. The van der Waals surface area contributed by atoms with Gasteiger partial charge in [0.15, 0.2) is 5.69 Å². The summed E-state index contributed by atoms with van der Waals surface area (Å²) in [5.41, 5.74) is -0.731. The maximum Gasteiger partial charge on any atom is 0.296 e. The van der Waals surface area contributed by atoms with Gasteiger partial charge in [0.25, 0.3) is 11.5 Å². The minimum absolute atomic E-state index is 0.121. The van der Waals surface area contributed by atoms with E-state index in [9.17, 15) is 27.5 Å². The summed E-state index contributed by atoms with van der Waals surface area (Å²) in [4.78, 5) is 30.8. The summed E-state index contributed by atoms with van der Waals surface area (Å²) >= 11 is 0. The Morgan fingerprint density at radius 3 is 2.38 bits per heavy atom. The monoisotopic (exact) mass is 556 g/mol. The fourth-order valence-corrected chi connectivity index (χ4v) is 6.51. The number of fused-ring (bicyclic) bond motifs is 2. The molecule has 1 saturated heterocycles. The van der Waals surface area contributed by atoms with Crippen molar-refractivity contribution in [3.05, 3.63) is 87.3 Å². The molecule has 2 N–H and O–H groups in total. The highest BCUT2D eigenvalue weighted by Gasteiger charge is 2.46. The van der Waals surface area contributed by atoms with Crippen LogP contribution in [0.5, 0.6) is 5.75 Å². The first kappa shape index (κ1) is 27.0. The van der Waals surface area contributed by atoms with E-state index >= 15 is 0 Å². The molecule has 2 aliphatic heterocycles. The number of hydrogen-bond donors (Lipinski definition) is 2. The van der Waals surface area contributed by atoms with Gasteiger partial charge in [0, 0.05) is 13.1 Å². The lowest BCUT2D eigenvalue weighted by molar-refractivity contribution is -0.110. The smallest absolute Gasteiger partial charge is 0.296 e. The van der Waals surface area contributed by atoms with E-state index in [-0.39, 0.29) is 49.8 Å². The predicted molar refractivity (Wildman–Crippen MR) is 139 cm³/mol. The van der Waals surface area contributed by atoms with Crippen LogP contribution < -0.4 is 10.9 Å². The van der Waals surface area contributed by atoms with E-state index in [0.29, 0.717) is 5.56 Å². The van der Waals surface area contributed by atoms with Gasteiger partial charge in [-0.3, -0.25) is 14.2 Å². The van der Waals surface area contributed by atoms with Crippen LogP contribution in [-0.2, 0) is 26.9 Å². The third-order valence-electron chi connectivity index (χ3n) is 7.37. The minimum atomic E-state index is -3.73. The van der Waals surface area contributed by atoms with E-state index in [1.807, 2.05) is 6.92 Å². The quantitative estimate of drug-likeness (QED) is 0.494. The summed E-state index contributed by atoms with van der Waals surface area (Å²) in [6.07, 6.45) is 0.421. The van der Waals surface area contributed by atoms with Gasteiger partial charge in [0.1, 0.15) is 17.2 Å². The standard InChI is InChI=1S/C27H29FN4O6S/c1-17-3-9-21(10-4-17)39(36,37)31-13-11-27(12-14-31)26-30-22(23(33)25(35)32(26)15-16-38-27)24(34)29-18(2)19-5-7-20(28)8-6-19/h3-10,18,33H,11-16H2,1-2H3,(H,29,34). The molecular weight excluding hydrogens is 527 g/mol. The van der Waals surface area contributed by atoms with Crippen molar-refractivity contribution in [1.82, 2.24) is 19.2 Å². The van der Waals surface area contributed by atoms with Crippen molar-refractivity contribution in [1.29, 1.82) is 0 Å². The highest BCUT2D eigenvalue weighted by atomic mass is 32.2. The molecule has 39 heavy (non-hydrogen) atoms. The van der Waals surface area contributed by atoms with Crippen molar-refractivity contribution in [2.75, 3.05) is 19.7 Å². The lowest BCUT2D eigenvalue weighted by atomic mass is 9.89. The third kappa shape index (κ3) is 4.95. The van der Waals surface area contributed by atoms with E-state index in [4.69, 9.17) is 4.74 Å². The van der Waals surface area contributed by atoms with Gasteiger partial charge in [-0.15, -0.1) is 0 Å². The lowest BCUT2D eigenvalue weighted by Crippen LogP contribution is -2.52. The van der Waals surface area contributed by atoms with Crippen molar-refractivity contribution < 1.29 is 27.4 Å². The number of sulfonamides is 1. The second-order valence-corrected chi connectivity index (χ2v) is 11.8. The maximum atomic E-state index is 13.3. The number of carbonyl (C=O) groups excluding carboxylic acids is 1. The number of rotatable bonds is 5. The molecule has 1 spiro atoms. The average Bonchev–Trinajstić information content (AvgIpc) is 2.92. The highest BCUT2D eigenvalue weighted by Crippen LogP contribution is 2.39. The summed E-state index contributed by atoms with van der Waals surface area (Å²) < 4.78 is 48.5. The summed E-state index contributed by atoms with van der Waals surface area (Å²) in [5, 5.41) is 13.3. The topological polar surface area (TPSA) is 131 Å². The van der Waals surface area contributed by atoms with Crippen molar-refractivity contribution in [2.45, 2.75) is 49.8 Å². The van der Waals surface area contributed by atoms with Crippen LogP contribution in [0.3, 0.4) is 0 Å². The third-order valence-corrected chi connectivity index (χ3v) is 9.28. The Bertz CT molecular complexity index is 1560. The zero-order chi connectivity index (χ0) is 27.9. The van der Waals surface area contributed by atoms with Gasteiger partial charge in [-0.1, -0.05) is 29.8 Å². The molecule has 0 radical (unpaired) electrons. The Morgan fingerprint density at radius 1 is 1.10 bits per heavy atom. The van der Waals surface area contributed by atoms with Gasteiger partial charge in [-0.25, -0.2) is 17.8 Å². The molecule has 1 amide bonds. The molecule has 1 atom stereocenters. The Labute approximate surface area is 225 Å². The number of hydrogen-bond acceptors (Lipinski definition) is 7. The number of amides is 1. The highest BCUT2D eigenvalue weighted by molar-refractivity contribution is 7.89. The van der Waals surface area contributed by atoms with E-state index in [0.717, 1.165) is 5.56 Å². The molecule has 0 saturated carbocycles. The fraction of sp³-hybridized carbons (Fsp3) is 0.370. The number of benzene rings is 2. The molecule has 2 aromatic carbocycles. The van der Waals surface area contributed by atoms with E-state index in [1.54, 1.807) is 31.2 Å². The molecule has 0 bridgehead atoms. The number of piperidine rings is 1. The molecule has 1 unspecified atom stereocenters. The molecule has 3 aromatic rings. The van der Waals surface area contributed by atoms with Gasteiger partial charge >= 0.3 is 0 Å². The molecule has 3 heterocycles. The summed E-state index contributed by atoms with van der Waals surface area (Å²) in [6.45, 7) is 4.11. The van der Waals surface area contributed by atoms with E-state index < -0.39 is 50.4 Å². The van der Waals surface area contributed by atoms with Crippen LogP contribution in [0.15, 0.2) is 58.2 Å². The van der Waals surface area contributed by atoms with E-state index in [2.05, 4.69) is 10.3 Å². The average molecular weight is 557 g/mol. The number of aromatic hydroxyl groups is 1. The number of nitrogens with one attached hydrogen (secondary N) is 1. The number of aryl methyl sites for hydroxylation is 1. The van der Waals surface area contributed by atoms with E-state index in [1.165, 1.54) is 33.1 Å². The number of halogens is 1. The van der Waals surface area contributed by atoms with Gasteiger partial charge in [0.2, 0.25) is 15.8 Å². The zero-order valence-corrected chi connectivity index (χ0v) is 22.4. The van der Waals surface area contributed by atoms with Crippen LogP contribution in [0.4, 0.5) is 4.39 Å². The zero-order valence-electron chi connectivity index (χ0n) is 21.6. The Balaban J connectivity index is 1.41. The maximum absolute atomic E-state index is 13.3. The van der Waals surface area contributed by atoms with Crippen LogP contribution >= 0.6 is 0 Å².